The van der Waals surface area contributed by atoms with Gasteiger partial charge in [0.15, 0.2) is 0 Å². The fourth-order valence-corrected chi connectivity index (χ4v) is 4.36. The van der Waals surface area contributed by atoms with Gasteiger partial charge in [-0.1, -0.05) is 19.9 Å². The third-order valence-electron chi connectivity index (χ3n) is 5.87. The van der Waals surface area contributed by atoms with E-state index < -0.39 is 0 Å². The van der Waals surface area contributed by atoms with Crippen molar-refractivity contribution < 1.29 is 4.79 Å². The van der Waals surface area contributed by atoms with E-state index in [-0.39, 0.29) is 18.1 Å². The predicted molar refractivity (Wildman–Crippen MR) is 120 cm³/mol. The average Bonchev–Trinajstić information content (AvgIpc) is 3.05. The van der Waals surface area contributed by atoms with Crippen LogP contribution in [0, 0.1) is 0 Å². The number of carbonyl (C=O) groups is 1. The number of hydrogen-bond donors (Lipinski definition) is 3. The van der Waals surface area contributed by atoms with Crippen LogP contribution < -0.4 is 16.4 Å². The van der Waals surface area contributed by atoms with E-state index in [1.807, 2.05) is 29.9 Å². The second-order valence-corrected chi connectivity index (χ2v) is 8.54. The average molecular weight is 407 g/mol. The number of benzene rings is 1. The van der Waals surface area contributed by atoms with E-state index >= 15 is 0 Å². The number of aromatic nitrogens is 3. The van der Waals surface area contributed by atoms with Crippen molar-refractivity contribution in [2.45, 2.75) is 57.5 Å². The summed E-state index contributed by atoms with van der Waals surface area (Å²) < 4.78 is 1.96. The Morgan fingerprint density at radius 3 is 2.60 bits per heavy atom. The molecule has 30 heavy (non-hydrogen) atoms. The number of nitrogens with one attached hydrogen (secondary N) is 2. The number of urea groups is 1. The van der Waals surface area contributed by atoms with Gasteiger partial charge in [-0.25, -0.2) is 9.78 Å². The van der Waals surface area contributed by atoms with Crippen molar-refractivity contribution in [3.8, 4) is 11.1 Å². The van der Waals surface area contributed by atoms with Gasteiger partial charge >= 0.3 is 6.03 Å². The molecule has 1 aliphatic carbocycles. The Hall–Kier alpha value is -2.93. The summed E-state index contributed by atoms with van der Waals surface area (Å²) in [5, 5.41) is 11.7. The van der Waals surface area contributed by atoms with Gasteiger partial charge in [-0.3, -0.25) is 10.00 Å². The minimum absolute atomic E-state index is 0.176. The van der Waals surface area contributed by atoms with E-state index in [1.54, 1.807) is 6.20 Å². The maximum atomic E-state index is 12.4. The predicted octanol–water partition coefficient (Wildman–Crippen LogP) is 4.15. The Bertz CT molecular complexity index is 1050. The van der Waals surface area contributed by atoms with Gasteiger partial charge < -0.3 is 11.1 Å². The fraction of sp³-hybridized carbons (Fsp3) is 0.435. The van der Waals surface area contributed by atoms with Gasteiger partial charge in [0, 0.05) is 36.4 Å². The summed E-state index contributed by atoms with van der Waals surface area (Å²) in [7, 11) is 1.99. The van der Waals surface area contributed by atoms with Crippen molar-refractivity contribution >= 4 is 22.8 Å². The second-order valence-electron chi connectivity index (χ2n) is 8.54. The molecule has 7 heteroatoms. The van der Waals surface area contributed by atoms with Gasteiger partial charge in [-0.2, -0.15) is 5.10 Å². The highest BCUT2D eigenvalue weighted by Crippen LogP contribution is 2.30. The molecule has 1 aromatic carbocycles. The summed E-state index contributed by atoms with van der Waals surface area (Å²) in [6.45, 7) is 4.35. The lowest BCUT2D eigenvalue weighted by atomic mass is 9.92. The Balaban J connectivity index is 1.52. The molecule has 1 saturated carbocycles. The van der Waals surface area contributed by atoms with Gasteiger partial charge in [-0.05, 0) is 67.0 Å². The number of nitrogens with zero attached hydrogens (tertiary/aromatic N) is 3. The zero-order valence-corrected chi connectivity index (χ0v) is 17.9. The minimum Gasteiger partial charge on any atom is -0.335 e. The van der Waals surface area contributed by atoms with E-state index in [1.165, 1.54) is 5.69 Å². The maximum Gasteiger partial charge on any atom is 0.320 e. The highest BCUT2D eigenvalue weighted by Gasteiger charge is 2.20. The lowest BCUT2D eigenvalue weighted by Crippen LogP contribution is -2.42. The van der Waals surface area contributed by atoms with Gasteiger partial charge in [-0.15, -0.1) is 0 Å². The van der Waals surface area contributed by atoms with E-state index in [2.05, 4.69) is 46.7 Å². The number of nitrogens with two attached hydrogens (primary N) is 1. The summed E-state index contributed by atoms with van der Waals surface area (Å²) in [6.07, 6.45) is 5.47. The number of amides is 2. The maximum absolute atomic E-state index is 12.4. The summed E-state index contributed by atoms with van der Waals surface area (Å²) >= 11 is 0. The molecule has 0 bridgehead atoms. The summed E-state index contributed by atoms with van der Waals surface area (Å²) in [6, 6.07) is 10.4. The lowest BCUT2D eigenvalue weighted by molar-refractivity contribution is 0.242. The van der Waals surface area contributed by atoms with E-state index in [0.717, 1.165) is 47.7 Å². The van der Waals surface area contributed by atoms with Gasteiger partial charge in [0.05, 0.1) is 5.52 Å². The van der Waals surface area contributed by atoms with Crippen LogP contribution in [0.3, 0.4) is 0 Å². The van der Waals surface area contributed by atoms with E-state index in [9.17, 15) is 4.79 Å². The molecule has 2 amide bonds. The number of pyridine rings is 1. The number of aryl methyl sites for hydroxylation is 1. The van der Waals surface area contributed by atoms with Gasteiger partial charge in [0.25, 0.3) is 0 Å². The molecule has 0 atom stereocenters. The number of rotatable bonds is 4. The molecular weight excluding hydrogens is 376 g/mol. The molecule has 3 aromatic rings. The first kappa shape index (κ1) is 20.3. The summed E-state index contributed by atoms with van der Waals surface area (Å²) in [5.74, 6) is 0.913. The molecule has 0 radical (unpaired) electrons. The highest BCUT2D eigenvalue weighted by atomic mass is 16.2. The monoisotopic (exact) mass is 406 g/mol. The zero-order chi connectivity index (χ0) is 21.3. The molecule has 0 unspecified atom stereocenters. The van der Waals surface area contributed by atoms with Crippen LogP contribution in [-0.2, 0) is 7.05 Å². The van der Waals surface area contributed by atoms with Gasteiger partial charge in [0.1, 0.15) is 5.82 Å². The van der Waals surface area contributed by atoms with Crippen molar-refractivity contribution in [1.29, 1.82) is 0 Å². The summed E-state index contributed by atoms with van der Waals surface area (Å²) in [4.78, 5) is 16.7. The van der Waals surface area contributed by atoms with Crippen LogP contribution in [0.1, 0.15) is 51.1 Å². The Morgan fingerprint density at radius 2 is 1.87 bits per heavy atom. The molecule has 2 heterocycles. The SMILES string of the molecule is CC(C)c1c2cc(-c3ccnc(NC(=O)NC4CCC(N)CC4)c3)ccc2nn1C. The third-order valence-corrected chi connectivity index (χ3v) is 5.87. The first-order valence-corrected chi connectivity index (χ1v) is 10.7. The molecule has 0 spiro atoms. The Kier molecular flexibility index (Phi) is 5.72. The van der Waals surface area contributed by atoms with Crippen LogP contribution in [0.2, 0.25) is 0 Å². The molecule has 7 nitrogen and oxygen atoms in total. The molecule has 1 aliphatic rings. The van der Waals surface area contributed by atoms with Crippen molar-refractivity contribution in [3.05, 3.63) is 42.2 Å². The molecule has 2 aromatic heterocycles. The largest absolute Gasteiger partial charge is 0.335 e. The third kappa shape index (κ3) is 4.31. The Morgan fingerprint density at radius 1 is 1.13 bits per heavy atom. The van der Waals surface area contributed by atoms with Crippen LogP contribution >= 0.6 is 0 Å². The molecule has 1 fully saturated rings. The first-order valence-electron chi connectivity index (χ1n) is 10.7. The molecular formula is C23H30N6O. The molecule has 0 saturated heterocycles. The summed E-state index contributed by atoms with van der Waals surface area (Å²) in [5.41, 5.74) is 10.2. The van der Waals surface area contributed by atoms with Crippen LogP contribution in [0.25, 0.3) is 22.0 Å². The van der Waals surface area contributed by atoms with Crippen molar-refractivity contribution in [1.82, 2.24) is 20.1 Å². The van der Waals surface area contributed by atoms with Crippen LogP contribution in [0.5, 0.6) is 0 Å². The number of fused-ring (bicyclic) bond motifs is 1. The van der Waals surface area contributed by atoms with Gasteiger partial charge in [0.2, 0.25) is 0 Å². The smallest absolute Gasteiger partial charge is 0.320 e. The van der Waals surface area contributed by atoms with Crippen molar-refractivity contribution in [2.24, 2.45) is 12.8 Å². The topological polar surface area (TPSA) is 97.9 Å². The minimum atomic E-state index is -0.218. The zero-order valence-electron chi connectivity index (χ0n) is 17.9. The number of anilines is 1. The molecule has 0 aliphatic heterocycles. The first-order chi connectivity index (χ1) is 14.4. The Labute approximate surface area is 177 Å². The second kappa shape index (κ2) is 8.44. The van der Waals surface area contributed by atoms with E-state index in [4.69, 9.17) is 5.73 Å². The van der Waals surface area contributed by atoms with E-state index in [0.29, 0.717) is 11.7 Å². The van der Waals surface area contributed by atoms with Crippen LogP contribution in [0.4, 0.5) is 10.6 Å². The highest BCUT2D eigenvalue weighted by molar-refractivity contribution is 5.90. The normalized spacial score (nSPS) is 19.2. The number of hydrogen-bond acceptors (Lipinski definition) is 4. The van der Waals surface area contributed by atoms with Crippen molar-refractivity contribution in [3.63, 3.8) is 0 Å². The van der Waals surface area contributed by atoms with Crippen LogP contribution in [-0.4, -0.2) is 32.9 Å². The lowest BCUT2D eigenvalue weighted by Gasteiger charge is -2.26. The quantitative estimate of drug-likeness (QED) is 0.606. The number of carbonyl (C=O) groups excluding carboxylic acids is 1. The van der Waals surface area contributed by atoms with Crippen molar-refractivity contribution in [2.75, 3.05) is 5.32 Å². The standard InChI is InChI=1S/C23H30N6O/c1-14(2)22-19-12-15(4-9-20(19)28-29(22)3)16-10-11-25-21(13-16)27-23(30)26-18-7-5-17(24)6-8-18/h4,9-14,17-18H,5-8,24H2,1-3H3,(H2,25,26,27,30). The molecule has 158 valence electrons. The fourth-order valence-electron chi connectivity index (χ4n) is 4.36. The van der Waals surface area contributed by atoms with Crippen LogP contribution in [0.15, 0.2) is 36.5 Å². The molecule has 4 rings (SSSR count). The molecule has 4 N–H and O–H groups in total.